The van der Waals surface area contributed by atoms with Crippen LogP contribution in [0.1, 0.15) is 43.4 Å². The zero-order valence-corrected chi connectivity index (χ0v) is 13.0. The topological polar surface area (TPSA) is 32.3 Å². The minimum Gasteiger partial charge on any atom is -0.342 e. The van der Waals surface area contributed by atoms with Gasteiger partial charge in [-0.3, -0.25) is 4.79 Å². The van der Waals surface area contributed by atoms with E-state index in [1.165, 1.54) is 24.3 Å². The zero-order chi connectivity index (χ0) is 13.9. The molecule has 0 radical (unpaired) electrons. The number of rotatable bonds is 5. The van der Waals surface area contributed by atoms with Crippen LogP contribution in [0.5, 0.6) is 0 Å². The van der Waals surface area contributed by atoms with Gasteiger partial charge in [0, 0.05) is 24.0 Å². The van der Waals surface area contributed by atoms with Gasteiger partial charge in [0.25, 0.3) is 0 Å². The molecule has 4 heteroatoms. The maximum absolute atomic E-state index is 12.5. The number of carbonyl (C=O) groups is 1. The van der Waals surface area contributed by atoms with E-state index < -0.39 is 0 Å². The Labute approximate surface area is 125 Å². The van der Waals surface area contributed by atoms with Crippen LogP contribution in [0, 0.1) is 5.92 Å². The Hall–Kier alpha value is -0.870. The molecule has 1 saturated carbocycles. The van der Waals surface area contributed by atoms with E-state index in [2.05, 4.69) is 16.3 Å². The molecule has 1 aromatic rings. The molecule has 1 N–H and O–H groups in total. The molecule has 2 aliphatic rings. The van der Waals surface area contributed by atoms with Crippen molar-refractivity contribution in [1.29, 1.82) is 0 Å². The second-order valence-electron chi connectivity index (χ2n) is 6.19. The highest BCUT2D eigenvalue weighted by atomic mass is 32.1. The second kappa shape index (κ2) is 6.27. The fraction of sp³-hybridized carbons (Fsp3) is 0.688. The van der Waals surface area contributed by atoms with Crippen LogP contribution in [0.2, 0.25) is 0 Å². The molecule has 1 aliphatic heterocycles. The van der Waals surface area contributed by atoms with Gasteiger partial charge in [-0.25, -0.2) is 0 Å². The van der Waals surface area contributed by atoms with Crippen molar-refractivity contribution < 1.29 is 4.79 Å². The molecule has 0 spiro atoms. The van der Waals surface area contributed by atoms with E-state index in [-0.39, 0.29) is 5.92 Å². The van der Waals surface area contributed by atoms with E-state index in [0.717, 1.165) is 31.8 Å². The first-order chi connectivity index (χ1) is 9.74. The lowest BCUT2D eigenvalue weighted by Crippen LogP contribution is -2.46. The van der Waals surface area contributed by atoms with Gasteiger partial charge in [-0.05, 0) is 56.5 Å². The van der Waals surface area contributed by atoms with E-state index >= 15 is 0 Å². The molecule has 2 heterocycles. The van der Waals surface area contributed by atoms with E-state index in [4.69, 9.17) is 0 Å². The zero-order valence-electron chi connectivity index (χ0n) is 12.2. The van der Waals surface area contributed by atoms with E-state index in [1.807, 2.05) is 18.4 Å². The quantitative estimate of drug-likeness (QED) is 0.905. The number of thiophene rings is 1. The Morgan fingerprint density at radius 1 is 1.40 bits per heavy atom. The highest BCUT2D eigenvalue weighted by molar-refractivity contribution is 7.10. The summed E-state index contributed by atoms with van der Waals surface area (Å²) >= 11 is 1.68. The molecule has 0 bridgehead atoms. The van der Waals surface area contributed by atoms with Crippen LogP contribution in [0.25, 0.3) is 0 Å². The van der Waals surface area contributed by atoms with Crippen LogP contribution in [-0.2, 0) is 4.79 Å². The first-order valence-corrected chi connectivity index (χ1v) is 8.67. The second-order valence-corrected chi connectivity index (χ2v) is 7.17. The normalized spacial score (nSPS) is 21.9. The summed E-state index contributed by atoms with van der Waals surface area (Å²) in [6, 6.07) is 4.71. The molecule has 110 valence electrons. The number of nitrogens with zero attached hydrogens (tertiary/aromatic N) is 1. The first-order valence-electron chi connectivity index (χ1n) is 7.79. The molecular weight excluding hydrogens is 268 g/mol. The molecule has 1 aliphatic carbocycles. The van der Waals surface area contributed by atoms with Gasteiger partial charge in [0.1, 0.15) is 0 Å². The Morgan fingerprint density at radius 3 is 2.75 bits per heavy atom. The summed E-state index contributed by atoms with van der Waals surface area (Å²) < 4.78 is 0. The van der Waals surface area contributed by atoms with Crippen LogP contribution in [0.3, 0.4) is 0 Å². The SMILES string of the molecule is CC(C(=O)N1CCC(NCC2CC2)CC1)c1cccs1. The third-order valence-electron chi connectivity index (χ3n) is 4.54. The average molecular weight is 292 g/mol. The lowest BCUT2D eigenvalue weighted by Gasteiger charge is -2.34. The predicted molar refractivity (Wildman–Crippen MR) is 83.1 cm³/mol. The maximum atomic E-state index is 12.5. The van der Waals surface area contributed by atoms with Gasteiger partial charge < -0.3 is 10.2 Å². The van der Waals surface area contributed by atoms with E-state index in [9.17, 15) is 4.79 Å². The fourth-order valence-corrected chi connectivity index (χ4v) is 3.67. The highest BCUT2D eigenvalue weighted by Gasteiger charge is 2.28. The van der Waals surface area contributed by atoms with Crippen molar-refractivity contribution in [3.05, 3.63) is 22.4 Å². The van der Waals surface area contributed by atoms with Gasteiger partial charge in [-0.15, -0.1) is 11.3 Å². The van der Waals surface area contributed by atoms with Crippen LogP contribution in [0.4, 0.5) is 0 Å². The predicted octanol–water partition coefficient (Wildman–Crippen LogP) is 2.84. The average Bonchev–Trinajstić information content (AvgIpc) is 3.16. The van der Waals surface area contributed by atoms with Gasteiger partial charge in [0.05, 0.1) is 5.92 Å². The molecule has 20 heavy (non-hydrogen) atoms. The Kier molecular flexibility index (Phi) is 4.41. The number of hydrogen-bond acceptors (Lipinski definition) is 3. The largest absolute Gasteiger partial charge is 0.342 e. The standard InChI is InChI=1S/C16H24N2OS/c1-12(15-3-2-10-20-15)16(19)18-8-6-14(7-9-18)17-11-13-4-5-13/h2-3,10,12-14,17H,4-9,11H2,1H3. The minimum atomic E-state index is 0.0194. The number of carbonyl (C=O) groups excluding carboxylic acids is 1. The Bertz CT molecular complexity index is 433. The monoisotopic (exact) mass is 292 g/mol. The summed E-state index contributed by atoms with van der Waals surface area (Å²) in [5.41, 5.74) is 0. The minimum absolute atomic E-state index is 0.0194. The van der Waals surface area contributed by atoms with Crippen LogP contribution in [0.15, 0.2) is 17.5 Å². The fourth-order valence-electron chi connectivity index (χ4n) is 2.89. The van der Waals surface area contributed by atoms with E-state index in [1.54, 1.807) is 11.3 Å². The van der Waals surface area contributed by atoms with Gasteiger partial charge in [0.15, 0.2) is 0 Å². The third-order valence-corrected chi connectivity index (χ3v) is 5.59. The summed E-state index contributed by atoms with van der Waals surface area (Å²) in [6.07, 6.45) is 5.02. The van der Waals surface area contributed by atoms with Gasteiger partial charge in [-0.2, -0.15) is 0 Å². The molecule has 3 rings (SSSR count). The van der Waals surface area contributed by atoms with Crippen molar-refractivity contribution in [1.82, 2.24) is 10.2 Å². The molecule has 0 aromatic carbocycles. The number of amides is 1. The van der Waals surface area contributed by atoms with Crippen LogP contribution >= 0.6 is 11.3 Å². The number of piperidine rings is 1. The molecule has 2 fully saturated rings. The van der Waals surface area contributed by atoms with Crippen molar-refractivity contribution in [3.63, 3.8) is 0 Å². The number of nitrogens with one attached hydrogen (secondary N) is 1. The van der Waals surface area contributed by atoms with Gasteiger partial charge in [-0.1, -0.05) is 6.07 Å². The van der Waals surface area contributed by atoms with Crippen LogP contribution < -0.4 is 5.32 Å². The molecule has 1 aromatic heterocycles. The van der Waals surface area contributed by atoms with Gasteiger partial charge >= 0.3 is 0 Å². The molecule has 1 atom stereocenters. The Balaban J connectivity index is 1.45. The first kappa shape index (κ1) is 14.1. The molecule has 1 unspecified atom stereocenters. The number of hydrogen-bond donors (Lipinski definition) is 1. The van der Waals surface area contributed by atoms with Crippen molar-refractivity contribution in [2.24, 2.45) is 5.92 Å². The van der Waals surface area contributed by atoms with Crippen molar-refractivity contribution in [3.8, 4) is 0 Å². The van der Waals surface area contributed by atoms with Crippen molar-refractivity contribution in [2.75, 3.05) is 19.6 Å². The maximum Gasteiger partial charge on any atom is 0.230 e. The Morgan fingerprint density at radius 2 is 2.15 bits per heavy atom. The number of likely N-dealkylation sites (tertiary alicyclic amines) is 1. The van der Waals surface area contributed by atoms with Gasteiger partial charge in [0.2, 0.25) is 5.91 Å². The highest BCUT2D eigenvalue weighted by Crippen LogP contribution is 2.28. The molecular formula is C16H24N2OS. The van der Waals surface area contributed by atoms with Crippen LogP contribution in [-0.4, -0.2) is 36.5 Å². The summed E-state index contributed by atoms with van der Waals surface area (Å²) in [7, 11) is 0. The molecule has 1 saturated heterocycles. The van der Waals surface area contributed by atoms with Crippen molar-refractivity contribution >= 4 is 17.2 Å². The lowest BCUT2D eigenvalue weighted by atomic mass is 10.0. The summed E-state index contributed by atoms with van der Waals surface area (Å²) in [4.78, 5) is 15.7. The summed E-state index contributed by atoms with van der Waals surface area (Å²) in [5, 5.41) is 5.71. The molecule has 3 nitrogen and oxygen atoms in total. The smallest absolute Gasteiger partial charge is 0.230 e. The molecule has 1 amide bonds. The summed E-state index contributed by atoms with van der Waals surface area (Å²) in [6.45, 7) is 5.05. The van der Waals surface area contributed by atoms with E-state index in [0.29, 0.717) is 11.9 Å². The third kappa shape index (κ3) is 3.41. The summed E-state index contributed by atoms with van der Waals surface area (Å²) in [5.74, 6) is 1.26. The van der Waals surface area contributed by atoms with Crippen molar-refractivity contribution in [2.45, 2.75) is 44.6 Å². The lowest BCUT2D eigenvalue weighted by molar-refractivity contribution is -0.133.